The zero-order valence-corrected chi connectivity index (χ0v) is 17.9. The highest BCUT2D eigenvalue weighted by atomic mass is 32.2. The van der Waals surface area contributed by atoms with Gasteiger partial charge >= 0.3 is 0 Å². The number of carbonyl (C=O) groups is 1. The van der Waals surface area contributed by atoms with Gasteiger partial charge in [-0.3, -0.25) is 9.52 Å². The van der Waals surface area contributed by atoms with E-state index in [4.69, 9.17) is 0 Å². The van der Waals surface area contributed by atoms with E-state index in [2.05, 4.69) is 4.72 Å². The first-order valence-electron chi connectivity index (χ1n) is 9.90. The predicted octanol–water partition coefficient (Wildman–Crippen LogP) is 4.30. The first kappa shape index (κ1) is 20.2. The summed E-state index contributed by atoms with van der Waals surface area (Å²) in [7, 11) is -3.69. The molecule has 5 nitrogen and oxygen atoms in total. The molecule has 0 saturated carbocycles. The number of nitrogens with one attached hydrogen (secondary N) is 1. The van der Waals surface area contributed by atoms with Crippen LogP contribution in [0.15, 0.2) is 71.6 Å². The predicted molar refractivity (Wildman–Crippen MR) is 118 cm³/mol. The normalized spacial score (nSPS) is 13.6. The maximum Gasteiger partial charge on any atom is 0.262 e. The summed E-state index contributed by atoms with van der Waals surface area (Å²) < 4.78 is 28.5. The van der Waals surface area contributed by atoms with Crippen molar-refractivity contribution in [2.45, 2.75) is 31.7 Å². The summed E-state index contributed by atoms with van der Waals surface area (Å²) in [6.45, 7) is 4.83. The minimum Gasteiger partial charge on any atom is -0.334 e. The number of fused-ring (bicyclic) bond motifs is 1. The monoisotopic (exact) mass is 420 g/mol. The van der Waals surface area contributed by atoms with Crippen LogP contribution in [0.5, 0.6) is 0 Å². The second-order valence-electron chi connectivity index (χ2n) is 7.70. The van der Waals surface area contributed by atoms with Gasteiger partial charge in [0.15, 0.2) is 0 Å². The Kier molecular flexibility index (Phi) is 5.35. The Hall–Kier alpha value is -3.12. The molecule has 0 spiro atoms. The van der Waals surface area contributed by atoms with Crippen molar-refractivity contribution in [3.63, 3.8) is 0 Å². The number of nitrogens with zero attached hydrogens (tertiary/aromatic N) is 1. The van der Waals surface area contributed by atoms with Crippen LogP contribution in [-0.2, 0) is 23.0 Å². The van der Waals surface area contributed by atoms with Crippen molar-refractivity contribution in [3.8, 4) is 0 Å². The fraction of sp³-hybridized carbons (Fsp3) is 0.208. The number of sulfonamides is 1. The Balaban J connectivity index is 1.56. The lowest BCUT2D eigenvalue weighted by atomic mass is 9.98. The average Bonchev–Trinajstić information content (AvgIpc) is 2.72. The number of hydrogen-bond acceptors (Lipinski definition) is 3. The fourth-order valence-corrected chi connectivity index (χ4v) is 5.15. The second kappa shape index (κ2) is 7.95. The van der Waals surface area contributed by atoms with Crippen LogP contribution < -0.4 is 4.72 Å². The summed E-state index contributed by atoms with van der Waals surface area (Å²) in [5.74, 6) is -0.0116. The molecule has 1 heterocycles. The van der Waals surface area contributed by atoms with Crippen molar-refractivity contribution in [3.05, 3.63) is 94.5 Å². The van der Waals surface area contributed by atoms with Crippen molar-refractivity contribution in [2.24, 2.45) is 0 Å². The molecule has 0 aliphatic carbocycles. The largest absolute Gasteiger partial charge is 0.334 e. The molecular formula is C24H24N2O3S. The van der Waals surface area contributed by atoms with E-state index in [0.29, 0.717) is 29.9 Å². The van der Waals surface area contributed by atoms with Crippen LogP contribution in [0, 0.1) is 13.8 Å². The fourth-order valence-electron chi connectivity index (χ4n) is 3.87. The highest BCUT2D eigenvalue weighted by Crippen LogP contribution is 2.26. The summed E-state index contributed by atoms with van der Waals surface area (Å²) >= 11 is 0. The highest BCUT2D eigenvalue weighted by Gasteiger charge is 2.23. The first-order chi connectivity index (χ1) is 14.3. The van der Waals surface area contributed by atoms with Gasteiger partial charge in [0.05, 0.1) is 4.90 Å². The maximum absolute atomic E-state index is 12.9. The van der Waals surface area contributed by atoms with Crippen molar-refractivity contribution >= 4 is 21.6 Å². The van der Waals surface area contributed by atoms with E-state index in [1.807, 2.05) is 55.5 Å². The van der Waals surface area contributed by atoms with Crippen molar-refractivity contribution in [2.75, 3.05) is 11.3 Å². The second-order valence-corrected chi connectivity index (χ2v) is 9.35. The smallest absolute Gasteiger partial charge is 0.262 e. The van der Waals surface area contributed by atoms with E-state index in [9.17, 15) is 13.2 Å². The van der Waals surface area contributed by atoms with E-state index >= 15 is 0 Å². The van der Waals surface area contributed by atoms with Crippen molar-refractivity contribution in [1.82, 2.24) is 4.90 Å². The van der Waals surface area contributed by atoms with Crippen LogP contribution in [0.25, 0.3) is 0 Å². The molecule has 30 heavy (non-hydrogen) atoms. The molecule has 0 aromatic heterocycles. The third-order valence-electron chi connectivity index (χ3n) is 5.40. The summed E-state index contributed by atoms with van der Waals surface area (Å²) in [5, 5.41) is 0. The third kappa shape index (κ3) is 4.09. The van der Waals surface area contributed by atoms with Gasteiger partial charge < -0.3 is 4.90 Å². The van der Waals surface area contributed by atoms with Gasteiger partial charge in [-0.1, -0.05) is 42.0 Å². The molecule has 1 N–H and O–H groups in total. The van der Waals surface area contributed by atoms with E-state index in [0.717, 1.165) is 23.1 Å². The number of carbonyl (C=O) groups excluding carboxylic acids is 1. The van der Waals surface area contributed by atoms with Gasteiger partial charge in [0.25, 0.3) is 15.9 Å². The summed E-state index contributed by atoms with van der Waals surface area (Å²) in [6.07, 6.45) is 0.748. The lowest BCUT2D eigenvalue weighted by Crippen LogP contribution is -2.36. The van der Waals surface area contributed by atoms with E-state index in [-0.39, 0.29) is 10.8 Å². The zero-order valence-electron chi connectivity index (χ0n) is 17.1. The lowest BCUT2D eigenvalue weighted by molar-refractivity contribution is 0.0734. The van der Waals surface area contributed by atoms with Gasteiger partial charge in [-0.15, -0.1) is 0 Å². The van der Waals surface area contributed by atoms with Crippen LogP contribution in [-0.4, -0.2) is 25.8 Å². The van der Waals surface area contributed by atoms with Gasteiger partial charge in [0, 0.05) is 24.3 Å². The van der Waals surface area contributed by atoms with Crippen molar-refractivity contribution < 1.29 is 13.2 Å². The molecule has 1 aliphatic heterocycles. The maximum atomic E-state index is 12.9. The van der Waals surface area contributed by atoms with E-state index < -0.39 is 10.0 Å². The molecular weight excluding hydrogens is 396 g/mol. The van der Waals surface area contributed by atoms with Gasteiger partial charge in [-0.25, -0.2) is 8.42 Å². The molecule has 0 saturated heterocycles. The Bertz CT molecular complexity index is 1200. The first-order valence-corrected chi connectivity index (χ1v) is 11.4. The molecule has 154 valence electrons. The third-order valence-corrected chi connectivity index (χ3v) is 6.94. The summed E-state index contributed by atoms with van der Waals surface area (Å²) in [6, 6.07) is 20.1. The number of aryl methyl sites for hydroxylation is 2. The number of anilines is 1. The van der Waals surface area contributed by atoms with Crippen LogP contribution in [0.3, 0.4) is 0 Å². The molecule has 0 fully saturated rings. The van der Waals surface area contributed by atoms with Crippen LogP contribution >= 0.6 is 0 Å². The number of amides is 1. The van der Waals surface area contributed by atoms with E-state index in [1.165, 1.54) is 0 Å². The van der Waals surface area contributed by atoms with Crippen LogP contribution in [0.4, 0.5) is 5.69 Å². The quantitative estimate of drug-likeness (QED) is 0.684. The molecule has 0 bridgehead atoms. The van der Waals surface area contributed by atoms with E-state index in [1.54, 1.807) is 30.0 Å². The molecule has 0 unspecified atom stereocenters. The Labute approximate surface area is 177 Å². The van der Waals surface area contributed by atoms with Gasteiger partial charge in [0.2, 0.25) is 0 Å². The number of rotatable bonds is 4. The summed E-state index contributed by atoms with van der Waals surface area (Å²) in [5.41, 5.74) is 4.99. The SMILES string of the molecule is Cc1ccc(S(=O)(=O)Nc2ccc3c(c2)CN(C(=O)c2ccccc2)CC3)c(C)c1. The minimum atomic E-state index is -3.69. The molecule has 3 aromatic carbocycles. The molecule has 0 radical (unpaired) electrons. The topological polar surface area (TPSA) is 66.5 Å². The molecule has 1 aliphatic rings. The van der Waals surface area contributed by atoms with Crippen LogP contribution in [0.2, 0.25) is 0 Å². The minimum absolute atomic E-state index is 0.0116. The standard InChI is InChI=1S/C24H24N2O3S/c1-17-8-11-23(18(2)14-17)30(28,29)25-22-10-9-19-12-13-26(16-21(19)15-22)24(27)20-6-4-3-5-7-20/h3-11,14-15,25H,12-13,16H2,1-2H3. The Morgan fingerprint density at radius 1 is 0.933 bits per heavy atom. The molecule has 0 atom stereocenters. The van der Waals surface area contributed by atoms with Gasteiger partial charge in [0.1, 0.15) is 0 Å². The lowest BCUT2D eigenvalue weighted by Gasteiger charge is -2.29. The zero-order chi connectivity index (χ0) is 21.3. The molecule has 1 amide bonds. The average molecular weight is 421 g/mol. The number of benzene rings is 3. The number of hydrogen-bond donors (Lipinski definition) is 1. The Morgan fingerprint density at radius 3 is 2.43 bits per heavy atom. The summed E-state index contributed by atoms with van der Waals surface area (Å²) in [4.78, 5) is 14.9. The molecule has 3 aromatic rings. The van der Waals surface area contributed by atoms with Gasteiger partial charge in [-0.05, 0) is 67.3 Å². The Morgan fingerprint density at radius 2 is 1.70 bits per heavy atom. The highest BCUT2D eigenvalue weighted by molar-refractivity contribution is 7.92. The van der Waals surface area contributed by atoms with Crippen LogP contribution in [0.1, 0.15) is 32.6 Å². The van der Waals surface area contributed by atoms with Gasteiger partial charge in [-0.2, -0.15) is 0 Å². The van der Waals surface area contributed by atoms with Crippen molar-refractivity contribution in [1.29, 1.82) is 0 Å². The molecule has 4 rings (SSSR count). The molecule has 6 heteroatoms.